The summed E-state index contributed by atoms with van der Waals surface area (Å²) in [6.07, 6.45) is 1.07. The molecule has 0 radical (unpaired) electrons. The Morgan fingerprint density at radius 1 is 1.67 bits per heavy atom. The van der Waals surface area contributed by atoms with Gasteiger partial charge in [-0.15, -0.1) is 0 Å². The van der Waals surface area contributed by atoms with Gasteiger partial charge in [0.2, 0.25) is 5.13 Å². The molecule has 0 aromatic carbocycles. The van der Waals surface area contributed by atoms with Gasteiger partial charge >= 0.3 is 0 Å². The smallest absolute Gasteiger partial charge is 0.205 e. The number of rotatable bonds is 1. The third kappa shape index (κ3) is 1.42. The van der Waals surface area contributed by atoms with Gasteiger partial charge in [0.15, 0.2) is 0 Å². The maximum absolute atomic E-state index is 5.78. The molecule has 1 saturated heterocycles. The van der Waals surface area contributed by atoms with Crippen LogP contribution in [-0.2, 0) is 0 Å². The first kappa shape index (κ1) is 7.94. The van der Waals surface area contributed by atoms with E-state index in [4.69, 9.17) is 5.73 Å². The second-order valence-corrected chi connectivity index (χ2v) is 3.85. The first-order valence-corrected chi connectivity index (χ1v) is 4.84. The molecule has 1 fully saturated rings. The molecule has 66 valence electrons. The van der Waals surface area contributed by atoms with Crippen LogP contribution in [0.3, 0.4) is 0 Å². The van der Waals surface area contributed by atoms with Gasteiger partial charge in [0, 0.05) is 30.7 Å². The molecule has 0 aliphatic carbocycles. The van der Waals surface area contributed by atoms with Crippen molar-refractivity contribution in [1.29, 1.82) is 0 Å². The fourth-order valence-electron chi connectivity index (χ4n) is 1.38. The Bertz CT molecular complexity index is 272. The van der Waals surface area contributed by atoms with Gasteiger partial charge in [-0.25, -0.2) is 4.98 Å². The highest BCUT2D eigenvalue weighted by Gasteiger charge is 2.21. The highest BCUT2D eigenvalue weighted by atomic mass is 32.1. The van der Waals surface area contributed by atoms with Crippen molar-refractivity contribution in [1.82, 2.24) is 9.36 Å². The lowest BCUT2D eigenvalue weighted by atomic mass is 10.3. The third-order valence-electron chi connectivity index (χ3n) is 2.01. The minimum absolute atomic E-state index is 0.314. The molecule has 0 bridgehead atoms. The summed E-state index contributed by atoms with van der Waals surface area (Å²) >= 11 is 1.46. The van der Waals surface area contributed by atoms with Crippen molar-refractivity contribution in [3.05, 3.63) is 5.82 Å². The maximum Gasteiger partial charge on any atom is 0.205 e. The molecule has 1 atom stereocenters. The van der Waals surface area contributed by atoms with E-state index in [1.165, 1.54) is 11.5 Å². The Balaban J connectivity index is 2.11. The lowest BCUT2D eigenvalue weighted by molar-refractivity contribution is 0.752. The number of hydrogen-bond donors (Lipinski definition) is 1. The monoisotopic (exact) mass is 184 g/mol. The minimum Gasteiger partial charge on any atom is -0.345 e. The molecule has 1 aliphatic heterocycles. The summed E-state index contributed by atoms with van der Waals surface area (Å²) in [6.45, 7) is 3.86. The quantitative estimate of drug-likeness (QED) is 0.685. The van der Waals surface area contributed by atoms with E-state index < -0.39 is 0 Å². The Morgan fingerprint density at radius 2 is 2.50 bits per heavy atom. The van der Waals surface area contributed by atoms with Crippen LogP contribution in [0.15, 0.2) is 0 Å². The molecule has 2 N–H and O–H groups in total. The van der Waals surface area contributed by atoms with Crippen LogP contribution in [0.25, 0.3) is 0 Å². The number of hydrogen-bond acceptors (Lipinski definition) is 5. The largest absolute Gasteiger partial charge is 0.345 e. The van der Waals surface area contributed by atoms with Crippen molar-refractivity contribution in [2.75, 3.05) is 18.0 Å². The van der Waals surface area contributed by atoms with Crippen molar-refractivity contribution in [2.45, 2.75) is 19.4 Å². The summed E-state index contributed by atoms with van der Waals surface area (Å²) in [7, 11) is 0. The van der Waals surface area contributed by atoms with E-state index in [9.17, 15) is 0 Å². The van der Waals surface area contributed by atoms with E-state index in [2.05, 4.69) is 14.3 Å². The van der Waals surface area contributed by atoms with E-state index in [-0.39, 0.29) is 0 Å². The molecule has 2 heterocycles. The Morgan fingerprint density at radius 3 is 3.00 bits per heavy atom. The molecule has 1 aromatic rings. The van der Waals surface area contributed by atoms with Crippen LogP contribution in [0.2, 0.25) is 0 Å². The summed E-state index contributed by atoms with van der Waals surface area (Å²) in [5.74, 6) is 0.857. The molecule has 2 rings (SSSR count). The molecule has 5 heteroatoms. The standard InChI is InChI=1S/C7H12N4S/c1-5-9-7(12-10-5)11-3-2-6(8)4-11/h6H,2-4,8H2,1H3/t6-/m0/s1. The number of aryl methyl sites for hydroxylation is 1. The van der Waals surface area contributed by atoms with E-state index in [1.807, 2.05) is 6.92 Å². The summed E-state index contributed by atoms with van der Waals surface area (Å²) in [6, 6.07) is 0.314. The zero-order valence-corrected chi connectivity index (χ0v) is 7.84. The maximum atomic E-state index is 5.78. The van der Waals surface area contributed by atoms with E-state index >= 15 is 0 Å². The lowest BCUT2D eigenvalue weighted by Gasteiger charge is -2.11. The minimum atomic E-state index is 0.314. The fourth-order valence-corrected chi connectivity index (χ4v) is 2.08. The van der Waals surface area contributed by atoms with Crippen LogP contribution < -0.4 is 10.6 Å². The lowest BCUT2D eigenvalue weighted by Crippen LogP contribution is -2.26. The normalized spacial score (nSPS) is 23.5. The number of nitrogens with zero attached hydrogens (tertiary/aromatic N) is 3. The van der Waals surface area contributed by atoms with Crippen LogP contribution in [0, 0.1) is 6.92 Å². The summed E-state index contributed by atoms with van der Waals surface area (Å²) in [4.78, 5) is 6.51. The van der Waals surface area contributed by atoms with Gasteiger partial charge in [0.1, 0.15) is 5.82 Å². The second kappa shape index (κ2) is 2.99. The third-order valence-corrected chi connectivity index (χ3v) is 2.88. The predicted octanol–water partition coefficient (Wildman–Crippen LogP) is 0.384. The summed E-state index contributed by atoms with van der Waals surface area (Å²) in [5.41, 5.74) is 5.78. The molecule has 1 aromatic heterocycles. The second-order valence-electron chi connectivity index (χ2n) is 3.12. The van der Waals surface area contributed by atoms with Gasteiger partial charge in [-0.1, -0.05) is 0 Å². The Hall–Kier alpha value is -0.680. The zero-order valence-electron chi connectivity index (χ0n) is 7.03. The number of aromatic nitrogens is 2. The van der Waals surface area contributed by atoms with Crippen LogP contribution in [0.4, 0.5) is 5.13 Å². The van der Waals surface area contributed by atoms with Crippen LogP contribution >= 0.6 is 11.5 Å². The SMILES string of the molecule is Cc1nsc(N2CC[C@H](N)C2)n1. The molecule has 12 heavy (non-hydrogen) atoms. The van der Waals surface area contributed by atoms with Gasteiger partial charge in [0.05, 0.1) is 0 Å². The molecular formula is C7H12N4S. The molecule has 0 saturated carbocycles. The van der Waals surface area contributed by atoms with Gasteiger partial charge in [-0.3, -0.25) is 0 Å². The summed E-state index contributed by atoms with van der Waals surface area (Å²) in [5, 5.41) is 1.01. The average molecular weight is 184 g/mol. The van der Waals surface area contributed by atoms with Crippen molar-refractivity contribution in [2.24, 2.45) is 5.73 Å². The Kier molecular flexibility index (Phi) is 1.98. The van der Waals surface area contributed by atoms with Crippen molar-refractivity contribution in [3.63, 3.8) is 0 Å². The molecule has 0 spiro atoms. The first-order chi connectivity index (χ1) is 5.75. The van der Waals surface area contributed by atoms with Crippen molar-refractivity contribution < 1.29 is 0 Å². The van der Waals surface area contributed by atoms with Gasteiger partial charge in [-0.2, -0.15) is 4.37 Å². The highest BCUT2D eigenvalue weighted by Crippen LogP contribution is 2.20. The summed E-state index contributed by atoms with van der Waals surface area (Å²) < 4.78 is 4.13. The molecule has 0 amide bonds. The first-order valence-electron chi connectivity index (χ1n) is 4.06. The van der Waals surface area contributed by atoms with Crippen molar-refractivity contribution in [3.8, 4) is 0 Å². The Labute approximate surface area is 75.6 Å². The molecule has 0 unspecified atom stereocenters. The van der Waals surface area contributed by atoms with Crippen molar-refractivity contribution >= 4 is 16.7 Å². The zero-order chi connectivity index (χ0) is 8.55. The van der Waals surface area contributed by atoms with E-state index in [1.54, 1.807) is 0 Å². The topological polar surface area (TPSA) is 55.0 Å². The van der Waals surface area contributed by atoms with Gasteiger partial charge < -0.3 is 10.6 Å². The van der Waals surface area contributed by atoms with Crippen LogP contribution in [-0.4, -0.2) is 28.5 Å². The van der Waals surface area contributed by atoms with E-state index in [0.29, 0.717) is 6.04 Å². The molecule has 1 aliphatic rings. The van der Waals surface area contributed by atoms with E-state index in [0.717, 1.165) is 30.5 Å². The number of anilines is 1. The number of nitrogens with two attached hydrogens (primary N) is 1. The molecular weight excluding hydrogens is 172 g/mol. The predicted molar refractivity (Wildman–Crippen MR) is 49.5 cm³/mol. The van der Waals surface area contributed by atoms with Gasteiger partial charge in [-0.05, 0) is 13.3 Å². The molecule has 4 nitrogen and oxygen atoms in total. The average Bonchev–Trinajstić information content (AvgIpc) is 2.58. The van der Waals surface area contributed by atoms with Gasteiger partial charge in [0.25, 0.3) is 0 Å². The fraction of sp³-hybridized carbons (Fsp3) is 0.714. The van der Waals surface area contributed by atoms with Crippen LogP contribution in [0.5, 0.6) is 0 Å². The van der Waals surface area contributed by atoms with Crippen LogP contribution in [0.1, 0.15) is 12.2 Å². The highest BCUT2D eigenvalue weighted by molar-refractivity contribution is 7.09.